The molecular formula is C15H18FN3O2S. The predicted octanol–water partition coefficient (Wildman–Crippen LogP) is 3.02. The molecular weight excluding hydrogens is 305 g/mol. The molecule has 0 bridgehead atoms. The molecule has 0 saturated carbocycles. The Balaban J connectivity index is 2.31. The monoisotopic (exact) mass is 323 g/mol. The summed E-state index contributed by atoms with van der Waals surface area (Å²) in [4.78, 5) is 8.21. The highest BCUT2D eigenvalue weighted by Gasteiger charge is 2.20. The molecule has 0 unspecified atom stereocenters. The molecule has 2 aromatic rings. The van der Waals surface area contributed by atoms with Crippen molar-refractivity contribution in [3.63, 3.8) is 0 Å². The number of anilines is 1. The molecule has 1 aromatic carbocycles. The Labute approximate surface area is 129 Å². The quantitative estimate of drug-likeness (QED) is 0.942. The van der Waals surface area contributed by atoms with Crippen LogP contribution in [0.3, 0.4) is 0 Å². The van der Waals surface area contributed by atoms with Crippen LogP contribution in [0.5, 0.6) is 0 Å². The maximum atomic E-state index is 13.5. The molecule has 0 spiro atoms. The van der Waals surface area contributed by atoms with Crippen molar-refractivity contribution in [2.75, 3.05) is 4.72 Å². The number of hydrogen-bond acceptors (Lipinski definition) is 4. The van der Waals surface area contributed by atoms with E-state index in [9.17, 15) is 12.8 Å². The lowest BCUT2D eigenvalue weighted by Crippen LogP contribution is -2.18. The maximum Gasteiger partial charge on any atom is 0.262 e. The number of hydrogen-bond donors (Lipinski definition) is 1. The number of sulfonamides is 1. The van der Waals surface area contributed by atoms with E-state index in [4.69, 9.17) is 0 Å². The smallest absolute Gasteiger partial charge is 0.262 e. The first-order valence-electron chi connectivity index (χ1n) is 6.72. The lowest BCUT2D eigenvalue weighted by atomic mass is 9.96. The van der Waals surface area contributed by atoms with Gasteiger partial charge in [0, 0.05) is 11.0 Å². The fourth-order valence-corrected chi connectivity index (χ4v) is 3.14. The van der Waals surface area contributed by atoms with Crippen LogP contribution < -0.4 is 4.72 Å². The lowest BCUT2D eigenvalue weighted by molar-refractivity contribution is 0.545. The average molecular weight is 323 g/mol. The van der Waals surface area contributed by atoms with Crippen LogP contribution in [0, 0.1) is 12.7 Å². The van der Waals surface area contributed by atoms with Gasteiger partial charge in [0.15, 0.2) is 0 Å². The Hall–Kier alpha value is -2.02. The molecule has 0 aliphatic heterocycles. The number of nitrogens with zero attached hydrogens (tertiary/aromatic N) is 2. The van der Waals surface area contributed by atoms with E-state index < -0.39 is 15.8 Å². The third-order valence-corrected chi connectivity index (χ3v) is 4.61. The molecule has 5 nitrogen and oxygen atoms in total. The van der Waals surface area contributed by atoms with E-state index in [0.717, 1.165) is 0 Å². The molecule has 1 heterocycles. The van der Waals surface area contributed by atoms with Crippen molar-refractivity contribution in [2.45, 2.75) is 38.0 Å². The Morgan fingerprint density at radius 3 is 2.27 bits per heavy atom. The molecule has 0 fully saturated rings. The molecule has 0 aliphatic carbocycles. The molecule has 2 rings (SSSR count). The van der Waals surface area contributed by atoms with E-state index in [1.54, 1.807) is 0 Å². The van der Waals surface area contributed by atoms with Gasteiger partial charge in [0.25, 0.3) is 10.0 Å². The van der Waals surface area contributed by atoms with Crippen molar-refractivity contribution >= 4 is 15.7 Å². The fraction of sp³-hybridized carbons (Fsp3) is 0.333. The number of benzene rings is 1. The normalized spacial score (nSPS) is 12.2. The SMILES string of the molecule is Cc1c(F)cccc1S(=O)(=O)Nc1cnc(C(C)(C)C)nc1. The van der Waals surface area contributed by atoms with E-state index in [-0.39, 0.29) is 21.6 Å². The molecule has 0 aliphatic rings. The molecule has 0 saturated heterocycles. The van der Waals surface area contributed by atoms with Gasteiger partial charge in [-0.1, -0.05) is 26.8 Å². The van der Waals surface area contributed by atoms with Crippen molar-refractivity contribution < 1.29 is 12.8 Å². The number of nitrogens with one attached hydrogen (secondary N) is 1. The first-order chi connectivity index (χ1) is 10.1. The van der Waals surface area contributed by atoms with Gasteiger partial charge in [-0.2, -0.15) is 0 Å². The molecule has 118 valence electrons. The van der Waals surface area contributed by atoms with Gasteiger partial charge in [0.1, 0.15) is 11.6 Å². The van der Waals surface area contributed by atoms with Crippen LogP contribution in [-0.2, 0) is 15.4 Å². The summed E-state index contributed by atoms with van der Waals surface area (Å²) >= 11 is 0. The summed E-state index contributed by atoms with van der Waals surface area (Å²) in [6.07, 6.45) is 2.81. The summed E-state index contributed by atoms with van der Waals surface area (Å²) in [5.74, 6) is 0.0413. The van der Waals surface area contributed by atoms with Crippen LogP contribution in [0.2, 0.25) is 0 Å². The van der Waals surface area contributed by atoms with Gasteiger partial charge in [-0.05, 0) is 19.1 Å². The van der Waals surface area contributed by atoms with E-state index in [1.807, 2.05) is 20.8 Å². The van der Waals surface area contributed by atoms with E-state index in [2.05, 4.69) is 14.7 Å². The van der Waals surface area contributed by atoms with E-state index in [1.165, 1.54) is 37.5 Å². The zero-order valence-corrected chi connectivity index (χ0v) is 13.7. The van der Waals surface area contributed by atoms with Crippen molar-refractivity contribution in [2.24, 2.45) is 0 Å². The summed E-state index contributed by atoms with van der Waals surface area (Å²) in [5.41, 5.74) is 0.0789. The third kappa shape index (κ3) is 3.41. The molecule has 0 radical (unpaired) electrons. The van der Waals surface area contributed by atoms with Gasteiger partial charge < -0.3 is 0 Å². The Morgan fingerprint density at radius 2 is 1.73 bits per heavy atom. The average Bonchev–Trinajstić information content (AvgIpc) is 2.40. The molecule has 1 aromatic heterocycles. The first-order valence-corrected chi connectivity index (χ1v) is 8.20. The number of aromatic nitrogens is 2. The van der Waals surface area contributed by atoms with Crippen LogP contribution in [0.4, 0.5) is 10.1 Å². The zero-order valence-electron chi connectivity index (χ0n) is 12.9. The topological polar surface area (TPSA) is 72.0 Å². The van der Waals surface area contributed by atoms with Gasteiger partial charge in [0.2, 0.25) is 0 Å². The Bertz CT molecular complexity index is 781. The van der Waals surface area contributed by atoms with Gasteiger partial charge in [-0.25, -0.2) is 22.8 Å². The Morgan fingerprint density at radius 1 is 1.14 bits per heavy atom. The molecule has 22 heavy (non-hydrogen) atoms. The van der Waals surface area contributed by atoms with Gasteiger partial charge in [-0.3, -0.25) is 4.72 Å². The third-order valence-electron chi connectivity index (χ3n) is 3.08. The second-order valence-corrected chi connectivity index (χ2v) is 7.66. The summed E-state index contributed by atoms with van der Waals surface area (Å²) in [6, 6.07) is 3.93. The summed E-state index contributed by atoms with van der Waals surface area (Å²) in [7, 11) is -3.88. The highest BCUT2D eigenvalue weighted by molar-refractivity contribution is 7.92. The van der Waals surface area contributed by atoms with Crippen molar-refractivity contribution in [1.82, 2.24) is 9.97 Å². The second kappa shape index (κ2) is 5.64. The standard InChI is InChI=1S/C15H18FN3O2S/c1-10-12(16)6-5-7-13(10)22(20,21)19-11-8-17-14(18-9-11)15(2,3)4/h5-9,19H,1-4H3. The molecule has 1 N–H and O–H groups in total. The van der Waals surface area contributed by atoms with Crippen LogP contribution >= 0.6 is 0 Å². The summed E-state index contributed by atoms with van der Waals surface area (Å²) < 4.78 is 40.5. The minimum Gasteiger partial charge on any atom is -0.276 e. The van der Waals surface area contributed by atoms with Crippen LogP contribution in [0.25, 0.3) is 0 Å². The van der Waals surface area contributed by atoms with Gasteiger partial charge in [-0.15, -0.1) is 0 Å². The fourth-order valence-electron chi connectivity index (χ4n) is 1.86. The van der Waals surface area contributed by atoms with E-state index >= 15 is 0 Å². The molecule has 0 amide bonds. The van der Waals surface area contributed by atoms with Crippen molar-refractivity contribution in [1.29, 1.82) is 0 Å². The van der Waals surface area contributed by atoms with Crippen molar-refractivity contribution in [3.05, 3.63) is 47.8 Å². The number of halogens is 1. The minimum atomic E-state index is -3.88. The summed E-state index contributed by atoms with van der Waals surface area (Å²) in [6.45, 7) is 7.30. The minimum absolute atomic E-state index is 0.0715. The molecule has 7 heteroatoms. The largest absolute Gasteiger partial charge is 0.276 e. The highest BCUT2D eigenvalue weighted by Crippen LogP contribution is 2.22. The van der Waals surface area contributed by atoms with Crippen LogP contribution in [0.15, 0.2) is 35.5 Å². The Kier molecular flexibility index (Phi) is 4.19. The second-order valence-electron chi connectivity index (χ2n) is 6.01. The highest BCUT2D eigenvalue weighted by atomic mass is 32.2. The number of rotatable bonds is 3. The molecule has 0 atom stereocenters. The maximum absolute atomic E-state index is 13.5. The first kappa shape index (κ1) is 16.4. The predicted molar refractivity (Wildman–Crippen MR) is 82.7 cm³/mol. The van der Waals surface area contributed by atoms with Gasteiger partial charge >= 0.3 is 0 Å². The zero-order chi connectivity index (χ0) is 16.5. The van der Waals surface area contributed by atoms with Gasteiger partial charge in [0.05, 0.1) is 23.0 Å². The summed E-state index contributed by atoms with van der Waals surface area (Å²) in [5, 5.41) is 0. The van der Waals surface area contributed by atoms with Crippen LogP contribution in [-0.4, -0.2) is 18.4 Å². The van der Waals surface area contributed by atoms with Crippen LogP contribution in [0.1, 0.15) is 32.2 Å². The lowest BCUT2D eigenvalue weighted by Gasteiger charge is -2.16. The van der Waals surface area contributed by atoms with Crippen molar-refractivity contribution in [3.8, 4) is 0 Å². The van der Waals surface area contributed by atoms with E-state index in [0.29, 0.717) is 5.82 Å².